The molecule has 0 spiro atoms. The Labute approximate surface area is 178 Å². The maximum Gasteiger partial charge on any atom is 0.185 e. The molecule has 30 heavy (non-hydrogen) atoms. The van der Waals surface area contributed by atoms with Gasteiger partial charge in [0.05, 0.1) is 19.3 Å². The van der Waals surface area contributed by atoms with Crippen LogP contribution in [-0.4, -0.2) is 55.8 Å². The van der Waals surface area contributed by atoms with Crippen LogP contribution < -0.4 is 9.64 Å². The lowest BCUT2D eigenvalue weighted by atomic mass is 10.0. The summed E-state index contributed by atoms with van der Waals surface area (Å²) in [6.07, 6.45) is 1.96. The first-order valence-corrected chi connectivity index (χ1v) is 11.3. The normalized spacial score (nSPS) is 19.5. The summed E-state index contributed by atoms with van der Waals surface area (Å²) in [5, 5.41) is 0. The Balaban J connectivity index is 1.95. The van der Waals surface area contributed by atoms with Gasteiger partial charge in [-0.25, -0.2) is 18.4 Å². The van der Waals surface area contributed by atoms with E-state index in [0.717, 1.165) is 22.5 Å². The first kappa shape index (κ1) is 20.9. The maximum atomic E-state index is 12.1. The van der Waals surface area contributed by atoms with Gasteiger partial charge in [0.1, 0.15) is 17.0 Å². The third-order valence-electron chi connectivity index (χ3n) is 5.77. The van der Waals surface area contributed by atoms with Crippen LogP contribution in [0.4, 0.5) is 5.82 Å². The number of nitrogens with zero attached hydrogens (tertiary/aromatic N) is 3. The number of allylic oxidation sites excluding steroid dienone is 1. The van der Waals surface area contributed by atoms with Crippen molar-refractivity contribution >= 4 is 22.1 Å². The molecule has 0 bridgehead atoms. The van der Waals surface area contributed by atoms with Gasteiger partial charge >= 0.3 is 0 Å². The van der Waals surface area contributed by atoms with Crippen LogP contribution in [0, 0.1) is 13.8 Å². The Bertz CT molecular complexity index is 1080. The predicted molar refractivity (Wildman–Crippen MR) is 116 cm³/mol. The monoisotopic (exact) mass is 432 g/mol. The lowest BCUT2D eigenvalue weighted by molar-refractivity contribution is 0.0691. The number of nitrogens with one attached hydrogen (secondary N) is 1. The van der Waals surface area contributed by atoms with E-state index in [9.17, 15) is 8.42 Å². The Morgan fingerprint density at radius 1 is 1.30 bits per heavy atom. The van der Waals surface area contributed by atoms with Crippen LogP contribution >= 0.6 is 0 Å². The molecule has 2 aliphatic rings. The molecule has 1 N–H and O–H groups in total. The highest BCUT2D eigenvalue weighted by atomic mass is 32.2. The molecule has 0 saturated carbocycles. The van der Waals surface area contributed by atoms with E-state index in [1.165, 1.54) is 0 Å². The maximum absolute atomic E-state index is 12.1. The number of H-pyrrole nitrogens is 1. The average Bonchev–Trinajstić information content (AvgIpc) is 3.05. The molecule has 0 aliphatic carbocycles. The van der Waals surface area contributed by atoms with Crippen molar-refractivity contribution in [3.05, 3.63) is 40.6 Å². The number of aryl methyl sites for hydroxylation is 2. The minimum atomic E-state index is -2.79. The molecule has 0 radical (unpaired) electrons. The molecular weight excluding hydrogens is 404 g/mol. The van der Waals surface area contributed by atoms with Crippen LogP contribution in [0.15, 0.2) is 12.1 Å². The van der Waals surface area contributed by atoms with Crippen LogP contribution in [0.2, 0.25) is 0 Å². The van der Waals surface area contributed by atoms with Gasteiger partial charge in [-0.05, 0) is 40.7 Å². The first-order chi connectivity index (χ1) is 14.2. The van der Waals surface area contributed by atoms with Crippen molar-refractivity contribution in [3.63, 3.8) is 0 Å². The number of hydrogen-bond acceptors (Lipinski definition) is 7. The van der Waals surface area contributed by atoms with E-state index in [2.05, 4.69) is 16.0 Å². The van der Waals surface area contributed by atoms with E-state index in [4.69, 9.17) is 19.4 Å². The van der Waals surface area contributed by atoms with E-state index in [1.54, 1.807) is 13.8 Å². The molecule has 1 fully saturated rings. The average molecular weight is 433 g/mol. The van der Waals surface area contributed by atoms with Crippen LogP contribution in [-0.2, 0) is 20.2 Å². The summed E-state index contributed by atoms with van der Waals surface area (Å²) in [5.74, 6) is 1.59. The molecule has 2 aromatic heterocycles. The summed E-state index contributed by atoms with van der Waals surface area (Å²) >= 11 is 0. The molecule has 2 aromatic rings. The van der Waals surface area contributed by atoms with Crippen molar-refractivity contribution < 1.29 is 17.9 Å². The highest BCUT2D eigenvalue weighted by Gasteiger charge is 2.39. The summed E-state index contributed by atoms with van der Waals surface area (Å²) in [7, 11) is -2.79. The molecule has 1 saturated heterocycles. The molecule has 0 amide bonds. The minimum absolute atomic E-state index is 0.0521. The van der Waals surface area contributed by atoms with Gasteiger partial charge in [-0.3, -0.25) is 0 Å². The summed E-state index contributed by atoms with van der Waals surface area (Å²) < 4.78 is 34.7. The molecule has 9 heteroatoms. The summed E-state index contributed by atoms with van der Waals surface area (Å²) in [6.45, 7) is 11.5. The third-order valence-corrected chi connectivity index (χ3v) is 6.90. The van der Waals surface area contributed by atoms with Crippen LogP contribution in [0.3, 0.4) is 0 Å². The molecule has 0 aromatic carbocycles. The smallest absolute Gasteiger partial charge is 0.185 e. The fourth-order valence-electron chi connectivity index (χ4n) is 4.05. The molecule has 1 atom stereocenters. The largest absolute Gasteiger partial charge is 0.486 e. The summed E-state index contributed by atoms with van der Waals surface area (Å²) in [5.41, 5.74) is 4.30. The number of anilines is 1. The fraction of sp³-hybridized carbons (Fsp3) is 0.524. The van der Waals surface area contributed by atoms with Crippen molar-refractivity contribution in [1.29, 1.82) is 0 Å². The highest BCUT2D eigenvalue weighted by molar-refractivity contribution is 7.73. The number of fused-ring (bicyclic) bond motifs is 3. The van der Waals surface area contributed by atoms with Crippen molar-refractivity contribution in [2.45, 2.75) is 45.4 Å². The molecule has 2 aliphatic heterocycles. The highest BCUT2D eigenvalue weighted by Crippen LogP contribution is 2.42. The molecule has 8 nitrogen and oxygen atoms in total. The molecular formula is C21H28N4O4S. The van der Waals surface area contributed by atoms with Gasteiger partial charge in [0, 0.05) is 29.1 Å². The van der Waals surface area contributed by atoms with Gasteiger partial charge in [0.2, 0.25) is 0 Å². The van der Waals surface area contributed by atoms with Gasteiger partial charge in [-0.15, -0.1) is 0 Å². The van der Waals surface area contributed by atoms with Crippen molar-refractivity contribution in [2.75, 3.05) is 31.3 Å². The van der Waals surface area contributed by atoms with Crippen LogP contribution in [0.25, 0.3) is 5.57 Å². The lowest BCUT2D eigenvalue weighted by Gasteiger charge is -2.41. The van der Waals surface area contributed by atoms with E-state index >= 15 is 0 Å². The van der Waals surface area contributed by atoms with E-state index in [0.29, 0.717) is 49.5 Å². The summed E-state index contributed by atoms with van der Waals surface area (Å²) in [6, 6.07) is 2.11. The molecule has 162 valence electrons. The first-order valence-electron chi connectivity index (χ1n) is 10.1. The van der Waals surface area contributed by atoms with Gasteiger partial charge in [-0.1, -0.05) is 6.08 Å². The van der Waals surface area contributed by atoms with Crippen molar-refractivity contribution in [2.24, 2.45) is 0 Å². The van der Waals surface area contributed by atoms with Gasteiger partial charge < -0.3 is 19.4 Å². The van der Waals surface area contributed by atoms with E-state index in [1.807, 2.05) is 26.8 Å². The summed E-state index contributed by atoms with van der Waals surface area (Å²) in [4.78, 5) is 15.1. The Morgan fingerprint density at radius 3 is 2.70 bits per heavy atom. The predicted octanol–water partition coefficient (Wildman–Crippen LogP) is 2.32. The second-order valence-electron chi connectivity index (χ2n) is 8.29. The quantitative estimate of drug-likeness (QED) is 0.716. The van der Waals surface area contributed by atoms with Crippen LogP contribution in [0.1, 0.15) is 49.2 Å². The molecule has 4 rings (SSSR count). The van der Waals surface area contributed by atoms with Crippen molar-refractivity contribution in [3.8, 4) is 5.75 Å². The number of rotatable bonds is 4. The number of aromatic nitrogens is 3. The number of hydrogen-bond donors (Lipinski definition) is 2. The molecule has 1 unspecified atom stereocenters. The SMILES string of the molecule is C/C=C(/c1nc2c(c(C(C)(C)[SH](=O)=O)n1)OCC1COCCN21)c1cc(C)[nH]c1C. The topological polar surface area (TPSA) is 97.4 Å². The fourth-order valence-corrected chi connectivity index (χ4v) is 4.37. The number of aromatic amines is 1. The van der Waals surface area contributed by atoms with Gasteiger partial charge in [-0.2, -0.15) is 0 Å². The third kappa shape index (κ3) is 3.39. The van der Waals surface area contributed by atoms with Crippen molar-refractivity contribution in [1.82, 2.24) is 15.0 Å². The zero-order valence-electron chi connectivity index (χ0n) is 18.0. The second kappa shape index (κ2) is 7.70. The Hall–Kier alpha value is -2.39. The molecule has 4 heterocycles. The number of morpholine rings is 1. The van der Waals surface area contributed by atoms with Crippen LogP contribution in [0.5, 0.6) is 5.75 Å². The Morgan fingerprint density at radius 2 is 2.07 bits per heavy atom. The number of ether oxygens (including phenoxy) is 2. The second-order valence-corrected chi connectivity index (χ2v) is 9.92. The van der Waals surface area contributed by atoms with E-state index in [-0.39, 0.29) is 6.04 Å². The lowest BCUT2D eigenvalue weighted by Crippen LogP contribution is -2.52. The minimum Gasteiger partial charge on any atom is -0.486 e. The standard InChI is InChI=1S/C21H28N4O4S/c1-6-15(16-9-12(2)22-13(16)3)19-23-18(21(4,5)30(26)27)17-20(24-19)25-7-8-28-10-14(25)11-29-17/h6,9,14,22,30H,7-8,10-11H2,1-5H3/b15-6+. The zero-order valence-corrected chi connectivity index (χ0v) is 18.9. The number of thiol groups is 1. The zero-order chi connectivity index (χ0) is 21.6. The van der Waals surface area contributed by atoms with Gasteiger partial charge in [0.25, 0.3) is 0 Å². The van der Waals surface area contributed by atoms with Gasteiger partial charge in [0.15, 0.2) is 28.1 Å². The van der Waals surface area contributed by atoms with E-state index < -0.39 is 15.5 Å². The Kier molecular flexibility index (Phi) is 5.36.